The molecule has 132 valence electrons. The smallest absolute Gasteiger partial charge is 0.293 e. The SMILES string of the molecule is O=C(c1ncn(-c2ccccc2)n1)N1CCC[C@@H]1[C@H]1CCCC[C@H]1O. The number of carbonyl (C=O) groups is 1. The summed E-state index contributed by atoms with van der Waals surface area (Å²) in [7, 11) is 0. The summed E-state index contributed by atoms with van der Waals surface area (Å²) in [5.41, 5.74) is 0.884. The highest BCUT2D eigenvalue weighted by molar-refractivity contribution is 5.90. The fourth-order valence-corrected chi connectivity index (χ4v) is 4.27. The highest BCUT2D eigenvalue weighted by Crippen LogP contribution is 2.35. The number of amides is 1. The van der Waals surface area contributed by atoms with Gasteiger partial charge in [0, 0.05) is 18.5 Å². The number of benzene rings is 1. The van der Waals surface area contributed by atoms with Crippen molar-refractivity contribution >= 4 is 5.91 Å². The van der Waals surface area contributed by atoms with Crippen LogP contribution in [0.15, 0.2) is 36.7 Å². The number of nitrogens with zero attached hydrogens (tertiary/aromatic N) is 4. The average Bonchev–Trinajstić information content (AvgIpc) is 3.32. The van der Waals surface area contributed by atoms with Gasteiger partial charge >= 0.3 is 0 Å². The van der Waals surface area contributed by atoms with Crippen molar-refractivity contribution < 1.29 is 9.90 Å². The van der Waals surface area contributed by atoms with Crippen molar-refractivity contribution in [2.75, 3.05) is 6.54 Å². The zero-order valence-corrected chi connectivity index (χ0v) is 14.3. The van der Waals surface area contributed by atoms with Crippen molar-refractivity contribution in [3.63, 3.8) is 0 Å². The van der Waals surface area contributed by atoms with Crippen LogP contribution in [0.5, 0.6) is 0 Å². The number of likely N-dealkylation sites (tertiary alicyclic amines) is 1. The number of hydrogen-bond donors (Lipinski definition) is 1. The van der Waals surface area contributed by atoms with Crippen LogP contribution < -0.4 is 0 Å². The van der Waals surface area contributed by atoms with Crippen LogP contribution >= 0.6 is 0 Å². The molecule has 1 saturated carbocycles. The molecule has 6 nitrogen and oxygen atoms in total. The molecule has 6 heteroatoms. The summed E-state index contributed by atoms with van der Waals surface area (Å²) in [6.45, 7) is 0.729. The molecular weight excluding hydrogens is 316 g/mol. The topological polar surface area (TPSA) is 71.2 Å². The van der Waals surface area contributed by atoms with Crippen LogP contribution in [0.2, 0.25) is 0 Å². The van der Waals surface area contributed by atoms with Crippen molar-refractivity contribution in [3.05, 3.63) is 42.5 Å². The first-order valence-electron chi connectivity index (χ1n) is 9.20. The number of aromatic nitrogens is 3. The van der Waals surface area contributed by atoms with E-state index in [1.54, 1.807) is 11.0 Å². The average molecular weight is 340 g/mol. The van der Waals surface area contributed by atoms with Gasteiger partial charge in [-0.05, 0) is 37.8 Å². The lowest BCUT2D eigenvalue weighted by molar-refractivity contribution is 0.0207. The number of aliphatic hydroxyl groups is 1. The van der Waals surface area contributed by atoms with E-state index in [1.807, 2.05) is 35.2 Å². The van der Waals surface area contributed by atoms with Crippen LogP contribution in [0, 0.1) is 5.92 Å². The third kappa shape index (κ3) is 3.18. The van der Waals surface area contributed by atoms with E-state index in [-0.39, 0.29) is 29.8 Å². The quantitative estimate of drug-likeness (QED) is 0.931. The van der Waals surface area contributed by atoms with Gasteiger partial charge in [0.15, 0.2) is 0 Å². The Hall–Kier alpha value is -2.21. The van der Waals surface area contributed by atoms with E-state index in [4.69, 9.17) is 0 Å². The maximum atomic E-state index is 13.0. The lowest BCUT2D eigenvalue weighted by Crippen LogP contribution is -2.45. The summed E-state index contributed by atoms with van der Waals surface area (Å²) in [4.78, 5) is 19.1. The summed E-state index contributed by atoms with van der Waals surface area (Å²) >= 11 is 0. The van der Waals surface area contributed by atoms with Crippen LogP contribution in [0.1, 0.15) is 49.1 Å². The Morgan fingerprint density at radius 3 is 2.68 bits per heavy atom. The Balaban J connectivity index is 1.53. The van der Waals surface area contributed by atoms with Gasteiger partial charge in [-0.2, -0.15) is 0 Å². The summed E-state index contributed by atoms with van der Waals surface area (Å²) in [6.07, 6.45) is 7.32. The van der Waals surface area contributed by atoms with Crippen LogP contribution in [0.3, 0.4) is 0 Å². The second kappa shape index (κ2) is 6.96. The fourth-order valence-electron chi connectivity index (χ4n) is 4.27. The minimum Gasteiger partial charge on any atom is -0.393 e. The van der Waals surface area contributed by atoms with Gasteiger partial charge < -0.3 is 10.0 Å². The van der Waals surface area contributed by atoms with E-state index in [9.17, 15) is 9.90 Å². The lowest BCUT2D eigenvalue weighted by Gasteiger charge is -2.36. The van der Waals surface area contributed by atoms with Gasteiger partial charge in [-0.15, -0.1) is 5.10 Å². The number of aliphatic hydroxyl groups excluding tert-OH is 1. The fraction of sp³-hybridized carbons (Fsp3) is 0.526. The van der Waals surface area contributed by atoms with Crippen LogP contribution in [0.25, 0.3) is 5.69 Å². The molecule has 1 aromatic heterocycles. The van der Waals surface area contributed by atoms with Gasteiger partial charge in [-0.3, -0.25) is 4.79 Å². The minimum absolute atomic E-state index is 0.116. The van der Waals surface area contributed by atoms with Crippen molar-refractivity contribution in [2.24, 2.45) is 5.92 Å². The number of para-hydroxylation sites is 1. The van der Waals surface area contributed by atoms with Crippen molar-refractivity contribution in [2.45, 2.75) is 50.7 Å². The molecule has 1 saturated heterocycles. The Labute approximate surface area is 147 Å². The molecule has 2 aromatic rings. The van der Waals surface area contributed by atoms with E-state index in [2.05, 4.69) is 10.1 Å². The first kappa shape index (κ1) is 16.3. The lowest BCUT2D eigenvalue weighted by atomic mass is 9.80. The first-order chi connectivity index (χ1) is 12.2. The first-order valence-corrected chi connectivity index (χ1v) is 9.20. The zero-order valence-electron chi connectivity index (χ0n) is 14.3. The molecular formula is C19H24N4O2. The normalized spacial score (nSPS) is 26.8. The number of rotatable bonds is 3. The molecule has 1 aliphatic carbocycles. The highest BCUT2D eigenvalue weighted by Gasteiger charge is 2.40. The van der Waals surface area contributed by atoms with E-state index in [1.165, 1.54) is 0 Å². The standard InChI is InChI=1S/C19H24N4O2/c24-17-11-5-4-9-15(17)16-10-6-12-22(16)19(25)18-20-13-23(21-18)14-7-2-1-3-8-14/h1-3,7-8,13,15-17,24H,4-6,9-12H2/t15-,16-,17-/m1/s1. The number of hydrogen-bond acceptors (Lipinski definition) is 4. The molecule has 0 radical (unpaired) electrons. The largest absolute Gasteiger partial charge is 0.393 e. The Morgan fingerprint density at radius 2 is 1.88 bits per heavy atom. The summed E-state index contributed by atoms with van der Waals surface area (Å²) in [5.74, 6) is 0.312. The van der Waals surface area contributed by atoms with Crippen molar-refractivity contribution in [3.8, 4) is 5.69 Å². The molecule has 0 spiro atoms. The van der Waals surface area contributed by atoms with Gasteiger partial charge in [0.1, 0.15) is 6.33 Å². The van der Waals surface area contributed by atoms with Crippen LogP contribution in [-0.2, 0) is 0 Å². The zero-order chi connectivity index (χ0) is 17.2. The molecule has 0 bridgehead atoms. The van der Waals surface area contributed by atoms with Gasteiger partial charge in [0.25, 0.3) is 5.91 Å². The maximum absolute atomic E-state index is 13.0. The Bertz CT molecular complexity index is 730. The van der Waals surface area contributed by atoms with E-state index in [0.29, 0.717) is 0 Å². The Kier molecular flexibility index (Phi) is 4.53. The second-order valence-corrected chi connectivity index (χ2v) is 7.07. The monoisotopic (exact) mass is 340 g/mol. The predicted octanol–water partition coefficient (Wildman–Crippen LogP) is 2.42. The third-order valence-corrected chi connectivity index (χ3v) is 5.54. The predicted molar refractivity (Wildman–Crippen MR) is 93.4 cm³/mol. The molecule has 1 aliphatic heterocycles. The van der Waals surface area contributed by atoms with Crippen LogP contribution in [-0.4, -0.2) is 49.4 Å². The van der Waals surface area contributed by atoms with Gasteiger partial charge in [-0.25, -0.2) is 9.67 Å². The minimum atomic E-state index is -0.290. The maximum Gasteiger partial charge on any atom is 0.293 e. The molecule has 1 aromatic carbocycles. The molecule has 2 fully saturated rings. The number of carbonyl (C=O) groups excluding carboxylic acids is 1. The molecule has 1 N–H and O–H groups in total. The van der Waals surface area contributed by atoms with Crippen molar-refractivity contribution in [1.82, 2.24) is 19.7 Å². The summed E-state index contributed by atoms with van der Waals surface area (Å²) < 4.78 is 1.63. The van der Waals surface area contributed by atoms with Gasteiger partial charge in [0.05, 0.1) is 11.8 Å². The van der Waals surface area contributed by atoms with Gasteiger partial charge in [-0.1, -0.05) is 31.0 Å². The molecule has 3 atom stereocenters. The molecule has 1 amide bonds. The molecule has 2 heterocycles. The molecule has 4 rings (SSSR count). The highest BCUT2D eigenvalue weighted by atomic mass is 16.3. The summed E-state index contributed by atoms with van der Waals surface area (Å²) in [6, 6.07) is 9.78. The van der Waals surface area contributed by atoms with E-state index < -0.39 is 0 Å². The Morgan fingerprint density at radius 1 is 1.08 bits per heavy atom. The van der Waals surface area contributed by atoms with E-state index >= 15 is 0 Å². The second-order valence-electron chi connectivity index (χ2n) is 7.07. The van der Waals surface area contributed by atoms with Crippen LogP contribution in [0.4, 0.5) is 0 Å². The third-order valence-electron chi connectivity index (χ3n) is 5.54. The molecule has 0 unspecified atom stereocenters. The van der Waals surface area contributed by atoms with E-state index in [0.717, 1.165) is 50.8 Å². The molecule has 25 heavy (non-hydrogen) atoms. The molecule has 2 aliphatic rings. The van der Waals surface area contributed by atoms with Gasteiger partial charge in [0.2, 0.25) is 5.82 Å². The summed E-state index contributed by atoms with van der Waals surface area (Å²) in [5, 5.41) is 14.8. The van der Waals surface area contributed by atoms with Crippen molar-refractivity contribution in [1.29, 1.82) is 0 Å².